The number of hydrogen-bond acceptors (Lipinski definition) is 1. The Balaban J connectivity index is 0.000001000. The van der Waals surface area contributed by atoms with E-state index < -0.39 is 0 Å². The maximum atomic E-state index is 5.49. The number of rotatable bonds is 1. The van der Waals surface area contributed by atoms with Crippen molar-refractivity contribution in [3.05, 3.63) is 32.7 Å². The Bertz CT molecular complexity index is 220. The van der Waals surface area contributed by atoms with Gasteiger partial charge < -0.3 is 5.73 Å². The Morgan fingerprint density at radius 1 is 1.18 bits per heavy atom. The van der Waals surface area contributed by atoms with Gasteiger partial charge in [-0.15, -0.1) is 12.4 Å². The highest BCUT2D eigenvalue weighted by molar-refractivity contribution is 9.11. The van der Waals surface area contributed by atoms with E-state index in [1.165, 1.54) is 0 Å². The van der Waals surface area contributed by atoms with Crippen LogP contribution in [0, 0.1) is 0 Å². The van der Waals surface area contributed by atoms with Crippen LogP contribution in [0.2, 0.25) is 0 Å². The molecule has 1 nitrogen and oxygen atoms in total. The molecule has 2 N–H and O–H groups in total. The Hall–Kier alpha value is 0.430. The van der Waals surface area contributed by atoms with Gasteiger partial charge in [0.2, 0.25) is 0 Å². The van der Waals surface area contributed by atoms with Crippen molar-refractivity contribution in [2.24, 2.45) is 5.73 Å². The highest BCUT2D eigenvalue weighted by Crippen LogP contribution is 2.23. The van der Waals surface area contributed by atoms with Crippen LogP contribution >= 0.6 is 44.3 Å². The quantitative estimate of drug-likeness (QED) is 0.847. The van der Waals surface area contributed by atoms with Crippen molar-refractivity contribution < 1.29 is 0 Å². The summed E-state index contributed by atoms with van der Waals surface area (Å²) >= 11 is 6.79. The molecule has 0 saturated carbocycles. The van der Waals surface area contributed by atoms with Crippen molar-refractivity contribution in [3.8, 4) is 0 Å². The predicted molar refractivity (Wildman–Crippen MR) is 57.0 cm³/mol. The van der Waals surface area contributed by atoms with Crippen molar-refractivity contribution in [2.45, 2.75) is 6.54 Å². The average Bonchev–Trinajstić information content (AvgIpc) is 1.88. The van der Waals surface area contributed by atoms with Gasteiger partial charge in [-0.25, -0.2) is 0 Å². The summed E-state index contributed by atoms with van der Waals surface area (Å²) in [5, 5.41) is 0. The Kier molecular flexibility index (Phi) is 5.34. The van der Waals surface area contributed by atoms with Crippen LogP contribution in [0.3, 0.4) is 0 Å². The first-order valence-corrected chi connectivity index (χ1v) is 4.47. The first kappa shape index (κ1) is 11.4. The molecule has 0 aliphatic carbocycles. The zero-order chi connectivity index (χ0) is 7.56. The molecule has 0 radical (unpaired) electrons. The van der Waals surface area contributed by atoms with Crippen LogP contribution in [0.15, 0.2) is 27.1 Å². The summed E-state index contributed by atoms with van der Waals surface area (Å²) in [4.78, 5) is 0. The molecular formula is C7H8Br2ClN. The summed E-state index contributed by atoms with van der Waals surface area (Å²) in [7, 11) is 0. The van der Waals surface area contributed by atoms with Gasteiger partial charge in [-0.3, -0.25) is 0 Å². The normalized spacial score (nSPS) is 9.00. The molecule has 0 fully saturated rings. The molecule has 4 heteroatoms. The fourth-order valence-electron chi connectivity index (χ4n) is 0.727. The molecule has 1 aromatic rings. The summed E-state index contributed by atoms with van der Waals surface area (Å²) in [6.45, 7) is 0.558. The Morgan fingerprint density at radius 3 is 1.91 bits per heavy atom. The third-order valence-corrected chi connectivity index (χ3v) is 2.75. The van der Waals surface area contributed by atoms with Gasteiger partial charge in [0.25, 0.3) is 0 Å². The second-order valence-corrected chi connectivity index (χ2v) is 3.61. The number of nitrogens with two attached hydrogens (primary N) is 1. The van der Waals surface area contributed by atoms with Gasteiger partial charge in [0.15, 0.2) is 0 Å². The third-order valence-electron chi connectivity index (χ3n) is 1.27. The lowest BCUT2D eigenvalue weighted by atomic mass is 10.2. The Labute approximate surface area is 89.0 Å². The first-order chi connectivity index (χ1) is 4.75. The minimum atomic E-state index is 0. The molecule has 1 rings (SSSR count). The summed E-state index contributed by atoms with van der Waals surface area (Å²) in [5.74, 6) is 0. The maximum Gasteiger partial charge on any atom is 0.0231 e. The van der Waals surface area contributed by atoms with Gasteiger partial charge in [0.1, 0.15) is 0 Å². The molecule has 0 aliphatic heterocycles. The molecule has 0 unspecified atom stereocenters. The summed E-state index contributed by atoms with van der Waals surface area (Å²) in [5.41, 5.74) is 6.60. The molecule has 0 saturated heterocycles. The van der Waals surface area contributed by atoms with Crippen LogP contribution in [0.25, 0.3) is 0 Å². The van der Waals surface area contributed by atoms with Crippen LogP contribution in [0.4, 0.5) is 0 Å². The van der Waals surface area contributed by atoms with Crippen LogP contribution < -0.4 is 5.73 Å². The highest BCUT2D eigenvalue weighted by atomic mass is 79.9. The van der Waals surface area contributed by atoms with E-state index in [1.54, 1.807) is 0 Å². The average molecular weight is 301 g/mol. The van der Waals surface area contributed by atoms with E-state index in [-0.39, 0.29) is 12.4 Å². The lowest BCUT2D eigenvalue weighted by Gasteiger charge is -2.01. The fourth-order valence-corrected chi connectivity index (χ4v) is 2.05. The molecule has 1 aromatic carbocycles. The molecular weight excluding hydrogens is 293 g/mol. The highest BCUT2D eigenvalue weighted by Gasteiger charge is 1.99. The van der Waals surface area contributed by atoms with E-state index in [2.05, 4.69) is 31.9 Å². The van der Waals surface area contributed by atoms with E-state index in [0.717, 1.165) is 14.5 Å². The van der Waals surface area contributed by atoms with Gasteiger partial charge in [-0.1, -0.05) is 37.9 Å². The van der Waals surface area contributed by atoms with Crippen molar-refractivity contribution in [1.29, 1.82) is 0 Å². The van der Waals surface area contributed by atoms with Crippen LogP contribution in [0.5, 0.6) is 0 Å². The van der Waals surface area contributed by atoms with Gasteiger partial charge in [0, 0.05) is 15.5 Å². The van der Waals surface area contributed by atoms with Gasteiger partial charge in [-0.05, 0) is 17.7 Å². The molecule has 11 heavy (non-hydrogen) atoms. The first-order valence-electron chi connectivity index (χ1n) is 2.88. The fraction of sp³-hybridized carbons (Fsp3) is 0.143. The number of benzene rings is 1. The third kappa shape index (κ3) is 2.75. The standard InChI is InChI=1S/C7H7Br2N.ClH/c8-6-2-1-3-7(9)5(6)4-10;/h1-3H,4,10H2;1H. The van der Waals surface area contributed by atoms with Crippen molar-refractivity contribution in [2.75, 3.05) is 0 Å². The number of halogens is 3. The van der Waals surface area contributed by atoms with E-state index >= 15 is 0 Å². The lowest BCUT2D eigenvalue weighted by molar-refractivity contribution is 1.05. The minimum Gasteiger partial charge on any atom is -0.326 e. The zero-order valence-corrected chi connectivity index (χ0v) is 9.67. The Morgan fingerprint density at radius 2 is 1.64 bits per heavy atom. The van der Waals surface area contributed by atoms with Crippen LogP contribution in [0.1, 0.15) is 5.56 Å². The summed E-state index contributed by atoms with van der Waals surface area (Å²) in [6, 6.07) is 5.92. The second-order valence-electron chi connectivity index (χ2n) is 1.90. The summed E-state index contributed by atoms with van der Waals surface area (Å²) in [6.07, 6.45) is 0. The van der Waals surface area contributed by atoms with Gasteiger partial charge in [0.05, 0.1) is 0 Å². The molecule has 0 atom stereocenters. The minimum absolute atomic E-state index is 0. The van der Waals surface area contributed by atoms with E-state index in [1.807, 2.05) is 18.2 Å². The SMILES string of the molecule is Cl.NCc1c(Br)cccc1Br. The molecule has 62 valence electrons. The number of hydrogen-bond donors (Lipinski definition) is 1. The summed E-state index contributed by atoms with van der Waals surface area (Å²) < 4.78 is 2.12. The van der Waals surface area contributed by atoms with Crippen molar-refractivity contribution in [3.63, 3.8) is 0 Å². The smallest absolute Gasteiger partial charge is 0.0231 e. The lowest BCUT2D eigenvalue weighted by Crippen LogP contribution is -1.97. The molecule has 0 bridgehead atoms. The molecule has 0 aromatic heterocycles. The second kappa shape index (κ2) is 5.14. The van der Waals surface area contributed by atoms with Gasteiger partial charge in [-0.2, -0.15) is 0 Å². The van der Waals surface area contributed by atoms with E-state index in [0.29, 0.717) is 6.54 Å². The molecule has 0 aliphatic rings. The van der Waals surface area contributed by atoms with E-state index in [9.17, 15) is 0 Å². The maximum absolute atomic E-state index is 5.49. The monoisotopic (exact) mass is 299 g/mol. The van der Waals surface area contributed by atoms with E-state index in [4.69, 9.17) is 5.73 Å². The molecule has 0 heterocycles. The van der Waals surface area contributed by atoms with Crippen LogP contribution in [-0.2, 0) is 6.54 Å². The van der Waals surface area contributed by atoms with Gasteiger partial charge >= 0.3 is 0 Å². The van der Waals surface area contributed by atoms with Crippen LogP contribution in [-0.4, -0.2) is 0 Å². The largest absolute Gasteiger partial charge is 0.326 e. The molecule has 0 spiro atoms. The van der Waals surface area contributed by atoms with Crippen molar-refractivity contribution in [1.82, 2.24) is 0 Å². The van der Waals surface area contributed by atoms with Crippen molar-refractivity contribution >= 4 is 44.3 Å². The topological polar surface area (TPSA) is 26.0 Å². The molecule has 0 amide bonds. The predicted octanol–water partition coefficient (Wildman–Crippen LogP) is 3.09. The zero-order valence-electron chi connectivity index (χ0n) is 5.68.